The number of aromatic nitrogens is 5. The van der Waals surface area contributed by atoms with E-state index >= 15 is 0 Å². The summed E-state index contributed by atoms with van der Waals surface area (Å²) in [7, 11) is 0. The van der Waals surface area contributed by atoms with Crippen LogP contribution in [0.25, 0.3) is 15.7 Å². The van der Waals surface area contributed by atoms with Crippen molar-refractivity contribution >= 4 is 28.6 Å². The zero-order valence-electron chi connectivity index (χ0n) is 16.7. The molecule has 0 radical (unpaired) electrons. The SMILES string of the molecule is Cc1nc(C)c(-c2ccc(=O)n(CCNC(=O)c3sc(-n4cccc4)nc3C)n2)s1. The Bertz CT molecular complexity index is 1250. The molecule has 1 N–H and O–H groups in total. The normalized spacial score (nSPS) is 11.0. The Labute approximate surface area is 180 Å². The zero-order chi connectivity index (χ0) is 21.3. The van der Waals surface area contributed by atoms with Crippen molar-refractivity contribution in [1.82, 2.24) is 29.6 Å². The van der Waals surface area contributed by atoms with E-state index in [1.165, 1.54) is 22.1 Å². The maximum Gasteiger partial charge on any atom is 0.266 e. The van der Waals surface area contributed by atoms with Gasteiger partial charge in [0.25, 0.3) is 11.5 Å². The molecule has 0 bridgehead atoms. The summed E-state index contributed by atoms with van der Waals surface area (Å²) in [6, 6.07) is 7.02. The van der Waals surface area contributed by atoms with Crippen LogP contribution in [0.3, 0.4) is 0 Å². The molecule has 10 heteroatoms. The van der Waals surface area contributed by atoms with Gasteiger partial charge >= 0.3 is 0 Å². The first-order chi connectivity index (χ1) is 14.4. The second kappa shape index (κ2) is 8.33. The summed E-state index contributed by atoms with van der Waals surface area (Å²) in [5.41, 5.74) is 2.06. The first-order valence-electron chi connectivity index (χ1n) is 9.34. The van der Waals surface area contributed by atoms with E-state index in [4.69, 9.17) is 0 Å². The highest BCUT2D eigenvalue weighted by Gasteiger charge is 2.16. The summed E-state index contributed by atoms with van der Waals surface area (Å²) < 4.78 is 3.24. The number of amides is 1. The quantitative estimate of drug-likeness (QED) is 0.497. The third-order valence-corrected chi connectivity index (χ3v) is 6.69. The van der Waals surface area contributed by atoms with Crippen molar-refractivity contribution in [2.45, 2.75) is 27.3 Å². The Morgan fingerprint density at radius 3 is 2.53 bits per heavy atom. The number of nitrogens with one attached hydrogen (secondary N) is 1. The van der Waals surface area contributed by atoms with Gasteiger partial charge in [-0.1, -0.05) is 11.3 Å². The van der Waals surface area contributed by atoms with Gasteiger partial charge in [0, 0.05) is 25.0 Å². The molecule has 0 saturated carbocycles. The maximum atomic E-state index is 12.6. The van der Waals surface area contributed by atoms with Crippen LogP contribution in [0.4, 0.5) is 0 Å². The molecule has 0 unspecified atom stereocenters. The van der Waals surface area contributed by atoms with Crippen LogP contribution in [0.15, 0.2) is 41.5 Å². The lowest BCUT2D eigenvalue weighted by molar-refractivity contribution is 0.0955. The number of hydrogen-bond donors (Lipinski definition) is 1. The highest BCUT2D eigenvalue weighted by molar-refractivity contribution is 7.16. The number of carbonyl (C=O) groups is 1. The Hall–Kier alpha value is -3.11. The summed E-state index contributed by atoms with van der Waals surface area (Å²) in [6.45, 7) is 6.24. The first kappa shape index (κ1) is 20.2. The minimum absolute atomic E-state index is 0.207. The maximum absolute atomic E-state index is 12.6. The van der Waals surface area contributed by atoms with Crippen molar-refractivity contribution in [3.63, 3.8) is 0 Å². The van der Waals surface area contributed by atoms with Crippen molar-refractivity contribution < 1.29 is 4.79 Å². The van der Waals surface area contributed by atoms with Crippen LogP contribution in [0.2, 0.25) is 0 Å². The molecule has 8 nitrogen and oxygen atoms in total. The third kappa shape index (κ3) is 4.10. The molecule has 154 valence electrons. The summed E-state index contributed by atoms with van der Waals surface area (Å²) in [4.78, 5) is 35.2. The molecule has 0 fully saturated rings. The highest BCUT2D eigenvalue weighted by atomic mass is 32.1. The fraction of sp³-hybridized carbons (Fsp3) is 0.250. The molecule has 0 aromatic carbocycles. The van der Waals surface area contributed by atoms with E-state index in [1.807, 2.05) is 49.9 Å². The topological polar surface area (TPSA) is 94.7 Å². The van der Waals surface area contributed by atoms with Crippen LogP contribution in [0.5, 0.6) is 0 Å². The van der Waals surface area contributed by atoms with Crippen LogP contribution in [-0.2, 0) is 6.54 Å². The molecule has 4 heterocycles. The molecule has 0 aliphatic carbocycles. The van der Waals surface area contributed by atoms with E-state index in [1.54, 1.807) is 17.4 Å². The molecule has 1 amide bonds. The van der Waals surface area contributed by atoms with E-state index < -0.39 is 0 Å². The Morgan fingerprint density at radius 2 is 1.83 bits per heavy atom. The average molecular weight is 441 g/mol. The van der Waals surface area contributed by atoms with Gasteiger partial charge in [0.2, 0.25) is 0 Å². The van der Waals surface area contributed by atoms with Crippen LogP contribution in [-0.4, -0.2) is 36.8 Å². The highest BCUT2D eigenvalue weighted by Crippen LogP contribution is 2.27. The third-order valence-electron chi connectivity index (χ3n) is 4.43. The van der Waals surface area contributed by atoms with Crippen molar-refractivity contribution in [1.29, 1.82) is 0 Å². The first-order valence-corrected chi connectivity index (χ1v) is 11.0. The summed E-state index contributed by atoms with van der Waals surface area (Å²) in [5, 5.41) is 9.01. The number of nitrogens with zero attached hydrogens (tertiary/aromatic N) is 5. The fourth-order valence-electron chi connectivity index (χ4n) is 3.02. The van der Waals surface area contributed by atoms with Crippen LogP contribution < -0.4 is 10.9 Å². The van der Waals surface area contributed by atoms with Gasteiger partial charge in [-0.2, -0.15) is 5.10 Å². The van der Waals surface area contributed by atoms with Crippen molar-refractivity contribution in [3.05, 3.63) is 68.3 Å². The van der Waals surface area contributed by atoms with Gasteiger partial charge in [0.15, 0.2) is 5.13 Å². The van der Waals surface area contributed by atoms with Crippen molar-refractivity contribution in [2.24, 2.45) is 0 Å². The van der Waals surface area contributed by atoms with E-state index in [-0.39, 0.29) is 24.6 Å². The number of rotatable bonds is 6. The van der Waals surface area contributed by atoms with Gasteiger partial charge in [-0.3, -0.25) is 9.59 Å². The predicted octanol–water partition coefficient (Wildman–Crippen LogP) is 2.97. The van der Waals surface area contributed by atoms with Crippen molar-refractivity contribution in [3.8, 4) is 15.7 Å². The molecule has 4 aromatic rings. The molecular formula is C20H20N6O2S2. The molecule has 4 aromatic heterocycles. The van der Waals surface area contributed by atoms with E-state index in [9.17, 15) is 9.59 Å². The Kier molecular flexibility index (Phi) is 5.60. The molecule has 0 saturated heterocycles. The van der Waals surface area contributed by atoms with E-state index in [0.717, 1.165) is 20.7 Å². The molecule has 0 aliphatic rings. The van der Waals surface area contributed by atoms with Crippen molar-refractivity contribution in [2.75, 3.05) is 6.54 Å². The Balaban J connectivity index is 1.44. The minimum Gasteiger partial charge on any atom is -0.349 e. The zero-order valence-corrected chi connectivity index (χ0v) is 18.4. The fourth-order valence-corrected chi connectivity index (χ4v) is 4.86. The number of carbonyl (C=O) groups excluding carboxylic acids is 1. The van der Waals surface area contributed by atoms with Gasteiger partial charge < -0.3 is 9.88 Å². The smallest absolute Gasteiger partial charge is 0.266 e. The molecule has 0 atom stereocenters. The second-order valence-corrected chi connectivity index (χ2v) is 8.87. The van der Waals surface area contributed by atoms with Crippen LogP contribution in [0.1, 0.15) is 26.1 Å². The van der Waals surface area contributed by atoms with Crippen LogP contribution >= 0.6 is 22.7 Å². The molecular weight excluding hydrogens is 420 g/mol. The number of hydrogen-bond acceptors (Lipinski definition) is 7. The predicted molar refractivity (Wildman–Crippen MR) is 118 cm³/mol. The lowest BCUT2D eigenvalue weighted by Gasteiger charge is -2.07. The summed E-state index contributed by atoms with van der Waals surface area (Å²) in [6.07, 6.45) is 3.77. The number of aryl methyl sites for hydroxylation is 3. The number of thiazole rings is 2. The van der Waals surface area contributed by atoms with E-state index in [2.05, 4.69) is 20.4 Å². The van der Waals surface area contributed by atoms with E-state index in [0.29, 0.717) is 16.3 Å². The Morgan fingerprint density at radius 1 is 1.07 bits per heavy atom. The lowest BCUT2D eigenvalue weighted by Crippen LogP contribution is -2.31. The molecule has 0 spiro atoms. The lowest BCUT2D eigenvalue weighted by atomic mass is 10.3. The molecule has 0 aliphatic heterocycles. The van der Waals surface area contributed by atoms with Gasteiger partial charge in [0.1, 0.15) is 10.6 Å². The summed E-state index contributed by atoms with van der Waals surface area (Å²) in [5.74, 6) is -0.207. The van der Waals surface area contributed by atoms with Gasteiger partial charge in [-0.05, 0) is 39.0 Å². The molecule has 4 rings (SSSR count). The average Bonchev–Trinajstić information content (AvgIpc) is 3.43. The molecule has 30 heavy (non-hydrogen) atoms. The van der Waals surface area contributed by atoms with Gasteiger partial charge in [-0.15, -0.1) is 11.3 Å². The standard InChI is InChI=1S/C20H20N6O2S2/c1-12-17(29-14(3)22-12)15-6-7-16(27)26(24-15)11-8-21-19(28)18-13(2)23-20(30-18)25-9-4-5-10-25/h4-7,9-10H,8,11H2,1-3H3,(H,21,28). The largest absolute Gasteiger partial charge is 0.349 e. The van der Waals surface area contributed by atoms with Crippen LogP contribution in [0, 0.1) is 20.8 Å². The second-order valence-electron chi connectivity index (χ2n) is 6.68. The summed E-state index contributed by atoms with van der Waals surface area (Å²) >= 11 is 2.87. The van der Waals surface area contributed by atoms with Gasteiger partial charge in [-0.25, -0.2) is 14.6 Å². The monoisotopic (exact) mass is 440 g/mol. The van der Waals surface area contributed by atoms with Gasteiger partial charge in [0.05, 0.1) is 27.8 Å². The minimum atomic E-state index is -0.212.